The van der Waals surface area contributed by atoms with E-state index in [9.17, 15) is 0 Å². The van der Waals surface area contributed by atoms with Gasteiger partial charge in [0.25, 0.3) is 0 Å². The predicted octanol–water partition coefficient (Wildman–Crippen LogP) is 3.78. The summed E-state index contributed by atoms with van der Waals surface area (Å²) >= 11 is 6.29. The van der Waals surface area contributed by atoms with E-state index in [1.807, 2.05) is 29.8 Å². The van der Waals surface area contributed by atoms with Crippen molar-refractivity contribution in [1.29, 1.82) is 0 Å². The number of hydrogen-bond acceptors (Lipinski definition) is 4. The van der Waals surface area contributed by atoms with E-state index < -0.39 is 0 Å². The molecular formula is C17H24ClN5. The fourth-order valence-electron chi connectivity index (χ4n) is 3.37. The first-order valence-electron chi connectivity index (χ1n) is 8.47. The number of tetrazole rings is 1. The van der Waals surface area contributed by atoms with Crippen LogP contribution in [0.15, 0.2) is 18.2 Å². The van der Waals surface area contributed by atoms with Crippen molar-refractivity contribution in [3.05, 3.63) is 34.6 Å². The van der Waals surface area contributed by atoms with Crippen molar-refractivity contribution in [1.82, 2.24) is 25.5 Å². The highest BCUT2D eigenvalue weighted by Gasteiger charge is 2.38. The average molecular weight is 334 g/mol. The van der Waals surface area contributed by atoms with E-state index in [0.717, 1.165) is 47.9 Å². The first kappa shape index (κ1) is 16.4. The SMILES string of the molecule is CCCNC1(c2nnnn2-c2ccc(C)c(Cl)c2)CCCCC1. The molecule has 0 radical (unpaired) electrons. The summed E-state index contributed by atoms with van der Waals surface area (Å²) in [5.74, 6) is 0.908. The van der Waals surface area contributed by atoms with Gasteiger partial charge in [0, 0.05) is 5.02 Å². The van der Waals surface area contributed by atoms with Gasteiger partial charge in [-0.15, -0.1) is 5.10 Å². The molecule has 1 aliphatic rings. The third-order valence-corrected chi connectivity index (χ3v) is 5.13. The van der Waals surface area contributed by atoms with Crippen LogP contribution in [0.25, 0.3) is 5.69 Å². The molecular weight excluding hydrogens is 310 g/mol. The summed E-state index contributed by atoms with van der Waals surface area (Å²) in [4.78, 5) is 0. The molecule has 1 aliphatic carbocycles. The van der Waals surface area contributed by atoms with Crippen molar-refractivity contribution in [2.45, 2.75) is 57.9 Å². The molecule has 0 unspecified atom stereocenters. The summed E-state index contributed by atoms with van der Waals surface area (Å²) in [5, 5.41) is 17.1. The van der Waals surface area contributed by atoms with E-state index in [4.69, 9.17) is 11.6 Å². The minimum atomic E-state index is -0.130. The van der Waals surface area contributed by atoms with E-state index >= 15 is 0 Å². The molecule has 1 N–H and O–H groups in total. The molecule has 1 fully saturated rings. The Balaban J connectivity index is 2.01. The maximum atomic E-state index is 6.29. The van der Waals surface area contributed by atoms with Crippen LogP contribution in [0.5, 0.6) is 0 Å². The van der Waals surface area contributed by atoms with Gasteiger partial charge in [-0.1, -0.05) is 43.9 Å². The van der Waals surface area contributed by atoms with Gasteiger partial charge in [-0.3, -0.25) is 0 Å². The third-order valence-electron chi connectivity index (χ3n) is 4.72. The fraction of sp³-hybridized carbons (Fsp3) is 0.588. The van der Waals surface area contributed by atoms with E-state index in [-0.39, 0.29) is 5.54 Å². The molecule has 1 aromatic heterocycles. The Morgan fingerprint density at radius 2 is 2.04 bits per heavy atom. The predicted molar refractivity (Wildman–Crippen MR) is 92.0 cm³/mol. The molecule has 6 heteroatoms. The van der Waals surface area contributed by atoms with Crippen LogP contribution in [0.4, 0.5) is 0 Å². The van der Waals surface area contributed by atoms with Gasteiger partial charge in [0.15, 0.2) is 5.82 Å². The van der Waals surface area contributed by atoms with Gasteiger partial charge in [0.05, 0.1) is 11.2 Å². The van der Waals surface area contributed by atoms with Crippen molar-refractivity contribution in [3.63, 3.8) is 0 Å². The van der Waals surface area contributed by atoms with Gasteiger partial charge in [-0.25, -0.2) is 0 Å². The smallest absolute Gasteiger partial charge is 0.176 e. The molecule has 0 saturated heterocycles. The van der Waals surface area contributed by atoms with Crippen LogP contribution in [-0.4, -0.2) is 26.8 Å². The van der Waals surface area contributed by atoms with Crippen molar-refractivity contribution in [3.8, 4) is 5.69 Å². The molecule has 1 saturated carbocycles. The molecule has 0 amide bonds. The Kier molecular flexibility index (Phi) is 4.97. The summed E-state index contributed by atoms with van der Waals surface area (Å²) in [6, 6.07) is 5.97. The fourth-order valence-corrected chi connectivity index (χ4v) is 3.55. The Morgan fingerprint density at radius 3 is 2.74 bits per heavy atom. The number of aromatic nitrogens is 4. The molecule has 0 atom stereocenters. The van der Waals surface area contributed by atoms with Crippen LogP contribution in [0.2, 0.25) is 5.02 Å². The molecule has 23 heavy (non-hydrogen) atoms. The van der Waals surface area contributed by atoms with Gasteiger partial charge < -0.3 is 5.32 Å². The Labute approximate surface area is 142 Å². The maximum absolute atomic E-state index is 6.29. The molecule has 124 valence electrons. The molecule has 1 aromatic carbocycles. The second-order valence-corrected chi connectivity index (χ2v) is 6.82. The highest BCUT2D eigenvalue weighted by atomic mass is 35.5. The lowest BCUT2D eigenvalue weighted by molar-refractivity contribution is 0.217. The molecule has 2 aromatic rings. The van der Waals surface area contributed by atoms with E-state index in [2.05, 4.69) is 27.8 Å². The molecule has 3 rings (SSSR count). The van der Waals surface area contributed by atoms with Gasteiger partial charge in [-0.2, -0.15) is 4.68 Å². The van der Waals surface area contributed by atoms with Crippen LogP contribution in [0.3, 0.4) is 0 Å². The summed E-state index contributed by atoms with van der Waals surface area (Å²) < 4.78 is 1.85. The monoisotopic (exact) mass is 333 g/mol. The lowest BCUT2D eigenvalue weighted by atomic mass is 9.80. The number of aryl methyl sites for hydroxylation is 1. The summed E-state index contributed by atoms with van der Waals surface area (Å²) in [6.45, 7) is 5.16. The van der Waals surface area contributed by atoms with Gasteiger partial charge in [0.1, 0.15) is 0 Å². The largest absolute Gasteiger partial charge is 0.305 e. The van der Waals surface area contributed by atoms with E-state index in [0.29, 0.717) is 0 Å². The number of benzene rings is 1. The van der Waals surface area contributed by atoms with Crippen molar-refractivity contribution < 1.29 is 0 Å². The van der Waals surface area contributed by atoms with Crippen LogP contribution in [0.1, 0.15) is 56.8 Å². The molecule has 0 spiro atoms. The minimum Gasteiger partial charge on any atom is -0.305 e. The van der Waals surface area contributed by atoms with Crippen LogP contribution in [0, 0.1) is 6.92 Å². The maximum Gasteiger partial charge on any atom is 0.176 e. The minimum absolute atomic E-state index is 0.130. The lowest BCUT2D eigenvalue weighted by Crippen LogP contribution is -2.46. The average Bonchev–Trinajstić information content (AvgIpc) is 3.07. The number of nitrogens with one attached hydrogen (secondary N) is 1. The van der Waals surface area contributed by atoms with E-state index in [1.165, 1.54) is 19.3 Å². The highest BCUT2D eigenvalue weighted by molar-refractivity contribution is 6.31. The zero-order chi connectivity index (χ0) is 16.3. The third kappa shape index (κ3) is 3.26. The normalized spacial score (nSPS) is 17.3. The summed E-state index contributed by atoms with van der Waals surface area (Å²) in [5.41, 5.74) is 1.85. The van der Waals surface area contributed by atoms with Gasteiger partial charge in [0.2, 0.25) is 0 Å². The van der Waals surface area contributed by atoms with Gasteiger partial charge >= 0.3 is 0 Å². The van der Waals surface area contributed by atoms with Crippen LogP contribution in [-0.2, 0) is 5.54 Å². The van der Waals surface area contributed by atoms with Crippen LogP contribution < -0.4 is 5.32 Å². The second-order valence-electron chi connectivity index (χ2n) is 6.42. The lowest BCUT2D eigenvalue weighted by Gasteiger charge is -2.37. The number of halogens is 1. The number of rotatable bonds is 5. The van der Waals surface area contributed by atoms with Crippen molar-refractivity contribution in [2.24, 2.45) is 0 Å². The van der Waals surface area contributed by atoms with Crippen LogP contribution >= 0.6 is 11.6 Å². The Hall–Kier alpha value is -1.46. The van der Waals surface area contributed by atoms with Crippen molar-refractivity contribution >= 4 is 11.6 Å². The Bertz CT molecular complexity index is 661. The quantitative estimate of drug-likeness (QED) is 0.904. The second kappa shape index (κ2) is 6.97. The number of nitrogens with zero attached hydrogens (tertiary/aromatic N) is 4. The summed E-state index contributed by atoms with van der Waals surface area (Å²) in [7, 11) is 0. The zero-order valence-electron chi connectivity index (χ0n) is 13.8. The molecule has 5 nitrogen and oxygen atoms in total. The first-order valence-corrected chi connectivity index (χ1v) is 8.84. The summed E-state index contributed by atoms with van der Waals surface area (Å²) in [6.07, 6.45) is 6.95. The zero-order valence-corrected chi connectivity index (χ0v) is 14.6. The highest BCUT2D eigenvalue weighted by Crippen LogP contribution is 2.36. The molecule has 1 heterocycles. The van der Waals surface area contributed by atoms with Crippen molar-refractivity contribution in [2.75, 3.05) is 6.54 Å². The van der Waals surface area contributed by atoms with Gasteiger partial charge in [-0.05, 0) is 60.9 Å². The standard InChI is InChI=1S/C17H24ClN5/c1-3-11-19-17(9-5-4-6-10-17)16-20-21-22-23(16)14-8-7-13(2)15(18)12-14/h7-8,12,19H,3-6,9-11H2,1-2H3. The van der Waals surface area contributed by atoms with E-state index in [1.54, 1.807) is 0 Å². The first-order chi connectivity index (χ1) is 11.2. The Morgan fingerprint density at radius 1 is 1.26 bits per heavy atom. The molecule has 0 aliphatic heterocycles. The number of hydrogen-bond donors (Lipinski definition) is 1. The molecule has 0 bridgehead atoms. The topological polar surface area (TPSA) is 55.6 Å².